The lowest BCUT2D eigenvalue weighted by Gasteiger charge is -2.10. The Labute approximate surface area is 80.4 Å². The van der Waals surface area contributed by atoms with Gasteiger partial charge in [-0.05, 0) is 6.42 Å². The summed E-state index contributed by atoms with van der Waals surface area (Å²) < 4.78 is 0. The predicted octanol–water partition coefficient (Wildman–Crippen LogP) is 0.00270. The van der Waals surface area contributed by atoms with Gasteiger partial charge in [-0.25, -0.2) is 9.78 Å². The second-order valence-corrected chi connectivity index (χ2v) is 2.74. The molecule has 0 saturated heterocycles. The molecule has 3 N–H and O–H groups in total. The molecule has 76 valence electrons. The van der Waals surface area contributed by atoms with Gasteiger partial charge in [-0.1, -0.05) is 6.92 Å². The molecule has 1 aromatic heterocycles. The third kappa shape index (κ3) is 2.32. The number of aromatic nitrogens is 2. The maximum atomic E-state index is 11.3. The number of carbonyl (C=O) groups excluding carboxylic acids is 1. The molecule has 14 heavy (non-hydrogen) atoms. The van der Waals surface area contributed by atoms with E-state index >= 15 is 0 Å². The van der Waals surface area contributed by atoms with Gasteiger partial charge in [0.1, 0.15) is 11.7 Å². The smallest absolute Gasteiger partial charge is 0.326 e. The Morgan fingerprint density at radius 1 is 1.71 bits per heavy atom. The Morgan fingerprint density at radius 3 is 2.86 bits per heavy atom. The number of carboxylic acid groups (broad SMARTS) is 1. The summed E-state index contributed by atoms with van der Waals surface area (Å²) in [4.78, 5) is 28.2. The summed E-state index contributed by atoms with van der Waals surface area (Å²) >= 11 is 0. The number of aromatic amines is 1. The molecule has 1 amide bonds. The number of aliphatic carboxylic acids is 1. The number of hydrogen-bond acceptors (Lipinski definition) is 3. The van der Waals surface area contributed by atoms with E-state index in [2.05, 4.69) is 15.3 Å². The zero-order chi connectivity index (χ0) is 10.6. The standard InChI is InChI=1S/C8H11N3O3/c1-2-5(8(13)14)11-7(12)6-3-9-4-10-6/h3-5H,2H2,1H3,(H,9,10)(H,11,12)(H,13,14)/t5-/m1/s1. The fourth-order valence-electron chi connectivity index (χ4n) is 0.954. The minimum atomic E-state index is -1.04. The largest absolute Gasteiger partial charge is 0.480 e. The van der Waals surface area contributed by atoms with Crippen LogP contribution in [0.4, 0.5) is 0 Å². The van der Waals surface area contributed by atoms with E-state index in [-0.39, 0.29) is 5.69 Å². The van der Waals surface area contributed by atoms with Crippen LogP contribution in [-0.4, -0.2) is 33.0 Å². The second-order valence-electron chi connectivity index (χ2n) is 2.74. The molecular weight excluding hydrogens is 186 g/mol. The SMILES string of the molecule is CC[C@@H](NC(=O)c1cnc[nH]1)C(=O)O. The summed E-state index contributed by atoms with van der Waals surface area (Å²) in [6.07, 6.45) is 3.04. The molecule has 0 bridgehead atoms. The van der Waals surface area contributed by atoms with Crippen molar-refractivity contribution in [3.05, 3.63) is 18.2 Å². The third-order valence-corrected chi connectivity index (χ3v) is 1.75. The van der Waals surface area contributed by atoms with Crippen molar-refractivity contribution in [3.8, 4) is 0 Å². The molecule has 6 heteroatoms. The Morgan fingerprint density at radius 2 is 2.43 bits per heavy atom. The van der Waals surface area contributed by atoms with E-state index in [1.165, 1.54) is 12.5 Å². The van der Waals surface area contributed by atoms with E-state index in [9.17, 15) is 9.59 Å². The van der Waals surface area contributed by atoms with Crippen molar-refractivity contribution in [1.29, 1.82) is 0 Å². The van der Waals surface area contributed by atoms with Crippen LogP contribution in [0.25, 0.3) is 0 Å². The zero-order valence-electron chi connectivity index (χ0n) is 7.65. The van der Waals surface area contributed by atoms with E-state index in [0.717, 1.165) is 0 Å². The molecule has 0 radical (unpaired) electrons. The van der Waals surface area contributed by atoms with Crippen LogP contribution >= 0.6 is 0 Å². The molecule has 0 aliphatic rings. The zero-order valence-corrected chi connectivity index (χ0v) is 7.65. The number of H-pyrrole nitrogens is 1. The monoisotopic (exact) mass is 197 g/mol. The Hall–Kier alpha value is -1.85. The van der Waals surface area contributed by atoms with Crippen molar-refractivity contribution in [3.63, 3.8) is 0 Å². The summed E-state index contributed by atoms with van der Waals surface area (Å²) in [6, 6.07) is -0.856. The number of imidazole rings is 1. The first kappa shape index (κ1) is 10.2. The second kappa shape index (κ2) is 4.40. The van der Waals surface area contributed by atoms with Gasteiger partial charge in [-0.2, -0.15) is 0 Å². The van der Waals surface area contributed by atoms with Crippen molar-refractivity contribution in [2.45, 2.75) is 19.4 Å². The molecule has 0 fully saturated rings. The minimum absolute atomic E-state index is 0.254. The van der Waals surface area contributed by atoms with Crippen molar-refractivity contribution < 1.29 is 14.7 Å². The highest BCUT2D eigenvalue weighted by Gasteiger charge is 2.18. The molecule has 0 saturated carbocycles. The quantitative estimate of drug-likeness (QED) is 0.633. The van der Waals surface area contributed by atoms with Gasteiger partial charge in [0.05, 0.1) is 12.5 Å². The fourth-order valence-corrected chi connectivity index (χ4v) is 0.954. The highest BCUT2D eigenvalue weighted by Crippen LogP contribution is 1.95. The van der Waals surface area contributed by atoms with Crippen LogP contribution in [0.1, 0.15) is 23.8 Å². The maximum Gasteiger partial charge on any atom is 0.326 e. The molecule has 1 rings (SSSR count). The highest BCUT2D eigenvalue weighted by molar-refractivity contribution is 5.94. The molecule has 0 aliphatic heterocycles. The molecule has 0 unspecified atom stereocenters. The van der Waals surface area contributed by atoms with Crippen molar-refractivity contribution in [1.82, 2.24) is 15.3 Å². The van der Waals surface area contributed by atoms with Gasteiger partial charge in [0, 0.05) is 0 Å². The molecule has 1 aromatic rings. The van der Waals surface area contributed by atoms with Crippen molar-refractivity contribution in [2.24, 2.45) is 0 Å². The number of carbonyl (C=O) groups is 2. The molecule has 1 atom stereocenters. The predicted molar refractivity (Wildman–Crippen MR) is 47.8 cm³/mol. The average molecular weight is 197 g/mol. The summed E-state index contributed by atoms with van der Waals surface area (Å²) in [5, 5.41) is 11.0. The number of hydrogen-bond donors (Lipinski definition) is 3. The summed E-state index contributed by atoms with van der Waals surface area (Å²) in [5.41, 5.74) is 0.254. The lowest BCUT2D eigenvalue weighted by atomic mass is 10.2. The first-order valence-corrected chi connectivity index (χ1v) is 4.17. The lowest BCUT2D eigenvalue weighted by molar-refractivity contribution is -0.139. The minimum Gasteiger partial charge on any atom is -0.480 e. The number of rotatable bonds is 4. The number of carboxylic acids is 1. The first-order chi connectivity index (χ1) is 6.65. The molecular formula is C8H11N3O3. The molecule has 0 aromatic carbocycles. The third-order valence-electron chi connectivity index (χ3n) is 1.75. The van der Waals surface area contributed by atoms with Gasteiger partial charge < -0.3 is 15.4 Å². The molecule has 6 nitrogen and oxygen atoms in total. The van der Waals surface area contributed by atoms with E-state index in [1.807, 2.05) is 0 Å². The average Bonchev–Trinajstić information content (AvgIpc) is 2.65. The van der Waals surface area contributed by atoms with Gasteiger partial charge in [0.2, 0.25) is 0 Å². The van der Waals surface area contributed by atoms with Crippen LogP contribution in [0.3, 0.4) is 0 Å². The van der Waals surface area contributed by atoms with E-state index < -0.39 is 17.9 Å². The van der Waals surface area contributed by atoms with Crippen LogP contribution in [0.15, 0.2) is 12.5 Å². The first-order valence-electron chi connectivity index (χ1n) is 4.17. The summed E-state index contributed by atoms with van der Waals surface area (Å²) in [7, 11) is 0. The highest BCUT2D eigenvalue weighted by atomic mass is 16.4. The fraction of sp³-hybridized carbons (Fsp3) is 0.375. The Balaban J connectivity index is 2.60. The topological polar surface area (TPSA) is 95.1 Å². The van der Waals surface area contributed by atoms with Gasteiger partial charge in [0.25, 0.3) is 5.91 Å². The Bertz CT molecular complexity index is 321. The summed E-state index contributed by atoms with van der Waals surface area (Å²) in [6.45, 7) is 1.69. The van der Waals surface area contributed by atoms with E-state index in [4.69, 9.17) is 5.11 Å². The van der Waals surface area contributed by atoms with Gasteiger partial charge >= 0.3 is 5.97 Å². The van der Waals surface area contributed by atoms with Crippen LogP contribution in [0.5, 0.6) is 0 Å². The molecule has 0 spiro atoms. The number of nitrogens with one attached hydrogen (secondary N) is 2. The molecule has 1 heterocycles. The van der Waals surface area contributed by atoms with Crippen LogP contribution in [0, 0.1) is 0 Å². The van der Waals surface area contributed by atoms with Crippen molar-refractivity contribution >= 4 is 11.9 Å². The van der Waals surface area contributed by atoms with E-state index in [0.29, 0.717) is 6.42 Å². The van der Waals surface area contributed by atoms with E-state index in [1.54, 1.807) is 6.92 Å². The van der Waals surface area contributed by atoms with Crippen LogP contribution in [0.2, 0.25) is 0 Å². The normalized spacial score (nSPS) is 12.1. The van der Waals surface area contributed by atoms with Gasteiger partial charge in [-0.3, -0.25) is 4.79 Å². The Kier molecular flexibility index (Phi) is 3.22. The number of nitrogens with zero attached hydrogens (tertiary/aromatic N) is 1. The van der Waals surface area contributed by atoms with Crippen LogP contribution < -0.4 is 5.32 Å². The van der Waals surface area contributed by atoms with Crippen LogP contribution in [-0.2, 0) is 4.79 Å². The summed E-state index contributed by atoms with van der Waals surface area (Å²) in [5.74, 6) is -1.50. The maximum absolute atomic E-state index is 11.3. The van der Waals surface area contributed by atoms with Crippen molar-refractivity contribution in [2.75, 3.05) is 0 Å². The lowest BCUT2D eigenvalue weighted by Crippen LogP contribution is -2.40. The number of amides is 1. The molecule has 0 aliphatic carbocycles. The van der Waals surface area contributed by atoms with Gasteiger partial charge in [0.15, 0.2) is 0 Å². The van der Waals surface area contributed by atoms with Gasteiger partial charge in [-0.15, -0.1) is 0 Å².